The zero-order valence-electron chi connectivity index (χ0n) is 19.8. The van der Waals surface area contributed by atoms with Gasteiger partial charge in [0.25, 0.3) is 0 Å². The van der Waals surface area contributed by atoms with Crippen LogP contribution in [-0.4, -0.2) is 46.7 Å². The summed E-state index contributed by atoms with van der Waals surface area (Å²) >= 11 is 12.2. The first-order valence-corrected chi connectivity index (χ1v) is 12.4. The lowest BCUT2D eigenvalue weighted by molar-refractivity contribution is -0.123. The van der Waals surface area contributed by atoms with Crippen molar-refractivity contribution < 1.29 is 9.90 Å². The van der Waals surface area contributed by atoms with Gasteiger partial charge in [-0.1, -0.05) is 77.8 Å². The van der Waals surface area contributed by atoms with Gasteiger partial charge in [0, 0.05) is 22.5 Å². The van der Waals surface area contributed by atoms with E-state index in [0.29, 0.717) is 23.1 Å². The van der Waals surface area contributed by atoms with Gasteiger partial charge in [0.2, 0.25) is 5.91 Å². The zero-order chi connectivity index (χ0) is 25.7. The molecule has 0 saturated heterocycles. The van der Waals surface area contributed by atoms with E-state index in [2.05, 4.69) is 22.8 Å². The van der Waals surface area contributed by atoms with Gasteiger partial charge in [-0.2, -0.15) is 5.10 Å². The molecule has 4 atom stereocenters. The number of benzene rings is 3. The Balaban J connectivity index is 1.66. The van der Waals surface area contributed by atoms with Crippen LogP contribution in [0.2, 0.25) is 10.0 Å². The van der Waals surface area contributed by atoms with Crippen molar-refractivity contribution in [3.8, 4) is 0 Å². The van der Waals surface area contributed by atoms with Crippen LogP contribution in [0.5, 0.6) is 0 Å². The molecule has 7 nitrogen and oxygen atoms in total. The van der Waals surface area contributed by atoms with Crippen LogP contribution >= 0.6 is 23.2 Å². The van der Waals surface area contributed by atoms with Gasteiger partial charge in [-0.05, 0) is 47.9 Å². The molecule has 5 N–H and O–H groups in total. The maximum Gasteiger partial charge on any atom is 0.237 e. The summed E-state index contributed by atoms with van der Waals surface area (Å²) in [4.78, 5) is 12.1. The van der Waals surface area contributed by atoms with Crippen LogP contribution in [0.15, 0.2) is 84.0 Å². The molecule has 1 aliphatic heterocycles. The van der Waals surface area contributed by atoms with Crippen molar-refractivity contribution in [1.82, 2.24) is 15.6 Å². The highest BCUT2D eigenvalue weighted by Crippen LogP contribution is 2.30. The van der Waals surface area contributed by atoms with Crippen LogP contribution in [0.25, 0.3) is 0 Å². The fourth-order valence-electron chi connectivity index (χ4n) is 4.21. The van der Waals surface area contributed by atoms with Gasteiger partial charge < -0.3 is 10.8 Å². The highest BCUT2D eigenvalue weighted by atomic mass is 35.5. The summed E-state index contributed by atoms with van der Waals surface area (Å²) in [5.41, 5.74) is 9.54. The molecule has 1 aliphatic rings. The summed E-state index contributed by atoms with van der Waals surface area (Å²) in [5, 5.41) is 24.9. The largest absolute Gasteiger partial charge is 0.391 e. The van der Waals surface area contributed by atoms with E-state index in [4.69, 9.17) is 34.0 Å². The van der Waals surface area contributed by atoms with E-state index < -0.39 is 24.3 Å². The molecule has 3 aromatic rings. The standard InChI is InChI=1S/C27H29Cl2N5O2/c1-17(35)24(26(30)36)32-27(31-15-18-7-11-21(28)12-8-18)34-16-23(19-5-3-2-4-6-19)25(33-34)20-9-13-22(29)14-10-20/h2-14,17,23-24,27,31-32,35H,15-16H2,1H3,(H2,30,36)/t17-,23-,24+,27?/m1/s1. The summed E-state index contributed by atoms with van der Waals surface area (Å²) in [6.07, 6.45) is -1.58. The molecule has 0 bridgehead atoms. The van der Waals surface area contributed by atoms with Crippen molar-refractivity contribution in [2.24, 2.45) is 10.8 Å². The molecule has 0 spiro atoms. The Kier molecular flexibility index (Phi) is 8.61. The molecule has 9 heteroatoms. The lowest BCUT2D eigenvalue weighted by Crippen LogP contribution is -2.61. The van der Waals surface area contributed by atoms with Crippen molar-refractivity contribution in [2.45, 2.75) is 37.8 Å². The number of nitrogens with one attached hydrogen (secondary N) is 2. The van der Waals surface area contributed by atoms with Crippen molar-refractivity contribution in [1.29, 1.82) is 0 Å². The molecule has 0 radical (unpaired) electrons. The fourth-order valence-corrected chi connectivity index (χ4v) is 4.46. The number of nitrogens with two attached hydrogens (primary N) is 1. The molecular formula is C27H29Cl2N5O2. The summed E-state index contributed by atoms with van der Waals surface area (Å²) in [6.45, 7) is 2.54. The number of nitrogens with zero attached hydrogens (tertiary/aromatic N) is 2. The molecule has 4 rings (SSSR count). The molecule has 1 amide bonds. The number of hydrogen-bond donors (Lipinski definition) is 4. The molecule has 1 heterocycles. The maximum absolute atomic E-state index is 12.1. The Bertz CT molecular complexity index is 1190. The third kappa shape index (κ3) is 6.43. The van der Waals surface area contributed by atoms with E-state index in [1.807, 2.05) is 71.7 Å². The van der Waals surface area contributed by atoms with Crippen LogP contribution in [0.4, 0.5) is 0 Å². The van der Waals surface area contributed by atoms with Gasteiger partial charge in [0.15, 0.2) is 6.29 Å². The van der Waals surface area contributed by atoms with Crippen LogP contribution in [0, 0.1) is 0 Å². The van der Waals surface area contributed by atoms with Crippen LogP contribution in [0.3, 0.4) is 0 Å². The van der Waals surface area contributed by atoms with Crippen LogP contribution < -0.4 is 16.4 Å². The zero-order valence-corrected chi connectivity index (χ0v) is 21.3. The lowest BCUT2D eigenvalue weighted by atomic mass is 9.91. The number of hydrogen-bond acceptors (Lipinski definition) is 6. The maximum atomic E-state index is 12.1. The molecule has 1 unspecified atom stereocenters. The Hall–Kier alpha value is -2.94. The second-order valence-corrected chi connectivity index (χ2v) is 9.65. The van der Waals surface area contributed by atoms with Gasteiger partial charge in [0.1, 0.15) is 6.04 Å². The Morgan fingerprint density at radius 3 is 2.25 bits per heavy atom. The number of primary amides is 1. The summed E-state index contributed by atoms with van der Waals surface area (Å²) in [5.74, 6) is -0.670. The minimum absolute atomic E-state index is 0.0208. The summed E-state index contributed by atoms with van der Waals surface area (Å²) in [6, 6.07) is 24.2. The Labute approximate surface area is 220 Å². The third-order valence-electron chi connectivity index (χ3n) is 6.12. The number of rotatable bonds is 10. The second kappa shape index (κ2) is 11.9. The van der Waals surface area contributed by atoms with Crippen LogP contribution in [0.1, 0.15) is 29.5 Å². The second-order valence-electron chi connectivity index (χ2n) is 8.77. The molecule has 36 heavy (non-hydrogen) atoms. The normalized spacial score (nSPS) is 17.9. The van der Waals surface area contributed by atoms with E-state index in [0.717, 1.165) is 22.4 Å². The topological polar surface area (TPSA) is 103 Å². The van der Waals surface area contributed by atoms with Gasteiger partial charge in [-0.25, -0.2) is 0 Å². The average Bonchev–Trinajstić information content (AvgIpc) is 3.31. The van der Waals surface area contributed by atoms with Crippen molar-refractivity contribution in [2.75, 3.05) is 6.54 Å². The van der Waals surface area contributed by atoms with E-state index in [9.17, 15) is 9.90 Å². The van der Waals surface area contributed by atoms with Crippen molar-refractivity contribution in [3.05, 3.63) is 106 Å². The first-order chi connectivity index (χ1) is 17.3. The smallest absolute Gasteiger partial charge is 0.237 e. The number of aliphatic hydroxyl groups is 1. The Morgan fingerprint density at radius 2 is 1.67 bits per heavy atom. The van der Waals surface area contributed by atoms with Gasteiger partial charge in [-0.3, -0.25) is 20.4 Å². The highest BCUT2D eigenvalue weighted by molar-refractivity contribution is 6.31. The van der Waals surface area contributed by atoms with E-state index in [1.165, 1.54) is 6.92 Å². The Morgan fingerprint density at radius 1 is 1.06 bits per heavy atom. The first kappa shape index (κ1) is 26.1. The number of hydrazone groups is 1. The monoisotopic (exact) mass is 525 g/mol. The molecule has 0 aliphatic carbocycles. The molecule has 0 fully saturated rings. The third-order valence-corrected chi connectivity index (χ3v) is 6.62. The number of carbonyl (C=O) groups is 1. The number of aliphatic hydroxyl groups excluding tert-OH is 1. The molecule has 3 aromatic carbocycles. The minimum atomic E-state index is -0.991. The first-order valence-electron chi connectivity index (χ1n) is 11.7. The van der Waals surface area contributed by atoms with Gasteiger partial charge in [0.05, 0.1) is 18.4 Å². The molecule has 188 valence electrons. The quantitative estimate of drug-likeness (QED) is 0.302. The lowest BCUT2D eigenvalue weighted by Gasteiger charge is -2.32. The van der Waals surface area contributed by atoms with E-state index >= 15 is 0 Å². The molecular weight excluding hydrogens is 497 g/mol. The van der Waals surface area contributed by atoms with Crippen LogP contribution in [-0.2, 0) is 11.3 Å². The van der Waals surface area contributed by atoms with Gasteiger partial charge >= 0.3 is 0 Å². The van der Waals surface area contributed by atoms with Gasteiger partial charge in [-0.15, -0.1) is 0 Å². The SMILES string of the molecule is C[C@@H](O)[C@H](NC(NCc1ccc(Cl)cc1)N1C[C@H](c2ccccc2)C(c2ccc(Cl)cc2)=N1)C(N)=O. The number of halogens is 2. The number of carbonyl (C=O) groups excluding carboxylic acids is 1. The molecule has 0 saturated carbocycles. The molecule has 0 aromatic heterocycles. The predicted molar refractivity (Wildman–Crippen MR) is 144 cm³/mol. The number of amides is 1. The summed E-state index contributed by atoms with van der Waals surface area (Å²) < 4.78 is 0. The van der Waals surface area contributed by atoms with Crippen molar-refractivity contribution in [3.63, 3.8) is 0 Å². The van der Waals surface area contributed by atoms with Crippen molar-refractivity contribution >= 4 is 34.8 Å². The predicted octanol–water partition coefficient (Wildman–Crippen LogP) is 3.69. The minimum Gasteiger partial charge on any atom is -0.391 e. The van der Waals surface area contributed by atoms with E-state index in [1.54, 1.807) is 0 Å². The fraction of sp³-hybridized carbons (Fsp3) is 0.259. The average molecular weight is 526 g/mol. The highest BCUT2D eigenvalue weighted by Gasteiger charge is 2.35. The van der Waals surface area contributed by atoms with E-state index in [-0.39, 0.29) is 5.92 Å². The summed E-state index contributed by atoms with van der Waals surface area (Å²) in [7, 11) is 0.